The smallest absolute Gasteiger partial charge is 0.416 e. The molecule has 7 nitrogen and oxygen atoms in total. The van der Waals surface area contributed by atoms with Gasteiger partial charge in [-0.2, -0.15) is 13.2 Å². The van der Waals surface area contributed by atoms with Gasteiger partial charge < -0.3 is 20.3 Å². The molecule has 1 unspecified atom stereocenters. The van der Waals surface area contributed by atoms with Crippen LogP contribution in [0.5, 0.6) is 0 Å². The van der Waals surface area contributed by atoms with Crippen molar-refractivity contribution < 1.29 is 32.3 Å². The number of urea groups is 1. The molecule has 0 fully saturated rings. The van der Waals surface area contributed by atoms with Crippen LogP contribution in [-0.2, 0) is 22.3 Å². The van der Waals surface area contributed by atoms with Gasteiger partial charge in [-0.05, 0) is 60.0 Å². The first kappa shape index (κ1) is 24.8. The number of ether oxygens (including phenoxy) is 1. The Hall–Kier alpha value is -4.34. The summed E-state index contributed by atoms with van der Waals surface area (Å²) in [7, 11) is 1.28. The van der Waals surface area contributed by atoms with E-state index in [0.29, 0.717) is 17.8 Å². The van der Waals surface area contributed by atoms with Gasteiger partial charge >= 0.3 is 18.2 Å². The summed E-state index contributed by atoms with van der Waals surface area (Å²) in [6.07, 6.45) is -4.51. The van der Waals surface area contributed by atoms with Crippen LogP contribution in [-0.4, -0.2) is 36.0 Å². The number of benzene rings is 3. The van der Waals surface area contributed by atoms with Gasteiger partial charge in [0.2, 0.25) is 0 Å². The number of alkyl halides is 3. The number of methoxy groups -OCH3 is 1. The maximum Gasteiger partial charge on any atom is 0.416 e. The fraction of sp³-hybridized carbons (Fsp3) is 0.192. The highest BCUT2D eigenvalue weighted by Crippen LogP contribution is 2.32. The van der Waals surface area contributed by atoms with Crippen molar-refractivity contribution in [2.45, 2.75) is 25.7 Å². The predicted molar refractivity (Wildman–Crippen MR) is 127 cm³/mol. The lowest BCUT2D eigenvalue weighted by molar-refractivity contribution is -0.145. The van der Waals surface area contributed by atoms with Crippen LogP contribution in [0.2, 0.25) is 0 Å². The molecule has 1 atom stereocenters. The van der Waals surface area contributed by atoms with E-state index in [2.05, 4.69) is 10.6 Å². The summed E-state index contributed by atoms with van der Waals surface area (Å²) in [5, 5.41) is 4.96. The summed E-state index contributed by atoms with van der Waals surface area (Å²) in [4.78, 5) is 38.4. The van der Waals surface area contributed by atoms with E-state index < -0.39 is 29.8 Å². The first-order valence-corrected chi connectivity index (χ1v) is 10.9. The van der Waals surface area contributed by atoms with Crippen molar-refractivity contribution in [2.75, 3.05) is 17.7 Å². The van der Waals surface area contributed by atoms with E-state index in [4.69, 9.17) is 4.74 Å². The summed E-state index contributed by atoms with van der Waals surface area (Å²) < 4.78 is 43.3. The Bertz CT molecular complexity index is 1320. The highest BCUT2D eigenvalue weighted by atomic mass is 19.4. The van der Waals surface area contributed by atoms with Gasteiger partial charge in [-0.15, -0.1) is 0 Å². The lowest BCUT2D eigenvalue weighted by atomic mass is 10.0. The molecule has 0 saturated heterocycles. The van der Waals surface area contributed by atoms with E-state index in [1.807, 2.05) is 12.1 Å². The second-order valence-corrected chi connectivity index (χ2v) is 8.24. The topological polar surface area (TPSA) is 87.7 Å². The standard InChI is InChI=1S/C26H22F3N3O4/c1-15(24(34)36-2)32-14-18-7-6-17(12-22(18)23(32)33)16-8-10-20(11-9-16)30-25(35)31-21-5-3-4-19(13-21)26(27,28)29/h3-13,15H,14H2,1-2H3,(H2,30,31,35). The Morgan fingerprint density at radius 2 is 1.61 bits per heavy atom. The molecule has 0 aromatic heterocycles. The number of rotatable bonds is 5. The van der Waals surface area contributed by atoms with Crippen molar-refractivity contribution in [2.24, 2.45) is 0 Å². The third kappa shape index (κ3) is 5.17. The number of carbonyl (C=O) groups is 3. The molecule has 2 N–H and O–H groups in total. The van der Waals surface area contributed by atoms with Crippen molar-refractivity contribution in [3.63, 3.8) is 0 Å². The van der Waals surface area contributed by atoms with Crippen molar-refractivity contribution in [1.82, 2.24) is 4.90 Å². The lowest BCUT2D eigenvalue weighted by Gasteiger charge is -2.21. The molecule has 3 aromatic carbocycles. The average Bonchev–Trinajstić information content (AvgIpc) is 3.18. The zero-order valence-electron chi connectivity index (χ0n) is 19.3. The molecular formula is C26H22F3N3O4. The maximum atomic E-state index is 12.9. The molecule has 36 heavy (non-hydrogen) atoms. The zero-order chi connectivity index (χ0) is 26.0. The fourth-order valence-electron chi connectivity index (χ4n) is 3.93. The molecular weight excluding hydrogens is 475 g/mol. The number of esters is 1. The number of nitrogens with one attached hydrogen (secondary N) is 2. The van der Waals surface area contributed by atoms with Gasteiger partial charge in [0.25, 0.3) is 5.91 Å². The SMILES string of the molecule is COC(=O)C(C)N1Cc2ccc(-c3ccc(NC(=O)Nc4cccc(C(F)(F)F)c4)cc3)cc2C1=O. The first-order chi connectivity index (χ1) is 17.1. The fourth-order valence-corrected chi connectivity index (χ4v) is 3.93. The molecule has 186 valence electrons. The van der Waals surface area contributed by atoms with Crippen LogP contribution < -0.4 is 10.6 Å². The second kappa shape index (κ2) is 9.73. The first-order valence-electron chi connectivity index (χ1n) is 10.9. The van der Waals surface area contributed by atoms with Crippen LogP contribution in [0.1, 0.15) is 28.4 Å². The Kier molecular flexibility index (Phi) is 6.69. The number of anilines is 2. The quantitative estimate of drug-likeness (QED) is 0.454. The van der Waals surface area contributed by atoms with Crippen molar-refractivity contribution in [3.05, 3.63) is 83.4 Å². The lowest BCUT2D eigenvalue weighted by Crippen LogP contribution is -2.39. The van der Waals surface area contributed by atoms with Gasteiger partial charge in [0.15, 0.2) is 0 Å². The van der Waals surface area contributed by atoms with E-state index in [-0.39, 0.29) is 11.6 Å². The van der Waals surface area contributed by atoms with Crippen molar-refractivity contribution >= 4 is 29.3 Å². The summed E-state index contributed by atoms with van der Waals surface area (Å²) in [6.45, 7) is 1.93. The van der Waals surface area contributed by atoms with Crippen molar-refractivity contribution in [3.8, 4) is 11.1 Å². The van der Waals surface area contributed by atoms with Gasteiger partial charge in [0.1, 0.15) is 6.04 Å². The Morgan fingerprint density at radius 1 is 0.944 bits per heavy atom. The summed E-state index contributed by atoms with van der Waals surface area (Å²) >= 11 is 0. The molecule has 1 aliphatic rings. The van der Waals surface area contributed by atoms with Crippen LogP contribution in [0.3, 0.4) is 0 Å². The monoisotopic (exact) mass is 497 g/mol. The minimum atomic E-state index is -4.51. The number of hydrogen-bond donors (Lipinski definition) is 2. The normalized spacial score (nSPS) is 13.7. The molecule has 0 bridgehead atoms. The minimum Gasteiger partial charge on any atom is -0.467 e. The molecule has 0 spiro atoms. The minimum absolute atomic E-state index is 0.0114. The molecule has 0 saturated carbocycles. The van der Waals surface area contributed by atoms with Gasteiger partial charge in [0, 0.05) is 23.5 Å². The van der Waals surface area contributed by atoms with Gasteiger partial charge in [-0.25, -0.2) is 9.59 Å². The zero-order valence-corrected chi connectivity index (χ0v) is 19.3. The number of fused-ring (bicyclic) bond motifs is 1. The van der Waals surface area contributed by atoms with E-state index in [0.717, 1.165) is 28.8 Å². The van der Waals surface area contributed by atoms with Gasteiger partial charge in [0.05, 0.1) is 12.7 Å². The molecule has 0 aliphatic carbocycles. The predicted octanol–water partition coefficient (Wildman–Crippen LogP) is 5.53. The molecule has 3 aromatic rings. The number of hydrogen-bond acceptors (Lipinski definition) is 4. The molecule has 10 heteroatoms. The summed E-state index contributed by atoms with van der Waals surface area (Å²) in [5.74, 6) is -0.745. The molecule has 1 heterocycles. The Balaban J connectivity index is 1.43. The van der Waals surface area contributed by atoms with Crippen LogP contribution >= 0.6 is 0 Å². The maximum absolute atomic E-state index is 12.9. The summed E-state index contributed by atoms with van der Waals surface area (Å²) in [6, 6.07) is 15.2. The average molecular weight is 497 g/mol. The molecule has 4 rings (SSSR count). The van der Waals surface area contributed by atoms with E-state index in [9.17, 15) is 27.6 Å². The molecule has 1 aliphatic heterocycles. The number of nitrogens with zero attached hydrogens (tertiary/aromatic N) is 1. The van der Waals surface area contributed by atoms with Crippen LogP contribution in [0.25, 0.3) is 11.1 Å². The number of carbonyl (C=O) groups excluding carboxylic acids is 3. The van der Waals surface area contributed by atoms with Crippen LogP contribution in [0.15, 0.2) is 66.7 Å². The van der Waals surface area contributed by atoms with E-state index in [1.54, 1.807) is 37.3 Å². The largest absolute Gasteiger partial charge is 0.467 e. The summed E-state index contributed by atoms with van der Waals surface area (Å²) in [5.41, 5.74) is 2.45. The Morgan fingerprint density at radius 3 is 2.28 bits per heavy atom. The van der Waals surface area contributed by atoms with Crippen molar-refractivity contribution in [1.29, 1.82) is 0 Å². The van der Waals surface area contributed by atoms with Crippen LogP contribution in [0, 0.1) is 0 Å². The highest BCUT2D eigenvalue weighted by Gasteiger charge is 2.34. The highest BCUT2D eigenvalue weighted by molar-refractivity contribution is 6.02. The molecule has 0 radical (unpaired) electrons. The van der Waals surface area contributed by atoms with Gasteiger partial charge in [-0.1, -0.05) is 30.3 Å². The number of halogens is 3. The second-order valence-electron chi connectivity index (χ2n) is 8.24. The molecule has 3 amide bonds. The van der Waals surface area contributed by atoms with E-state index in [1.165, 1.54) is 24.1 Å². The van der Waals surface area contributed by atoms with Crippen LogP contribution in [0.4, 0.5) is 29.3 Å². The third-order valence-corrected chi connectivity index (χ3v) is 5.88. The van der Waals surface area contributed by atoms with Gasteiger partial charge in [-0.3, -0.25) is 4.79 Å². The van der Waals surface area contributed by atoms with E-state index >= 15 is 0 Å². The third-order valence-electron chi connectivity index (χ3n) is 5.88. The Labute approximate surface area is 204 Å². The number of amides is 3.